The van der Waals surface area contributed by atoms with Gasteiger partial charge in [0.15, 0.2) is 0 Å². The molecule has 2 nitrogen and oxygen atoms in total. The van der Waals surface area contributed by atoms with Gasteiger partial charge in [0.25, 0.3) is 0 Å². The van der Waals surface area contributed by atoms with Gasteiger partial charge in [-0.25, -0.2) is 0 Å². The Morgan fingerprint density at radius 1 is 1.00 bits per heavy atom. The monoisotopic (exact) mass is 186 g/mol. The number of hydrogen-bond donors (Lipinski definition) is 0. The third-order valence-electron chi connectivity index (χ3n) is 2.50. The van der Waals surface area contributed by atoms with Crippen LogP contribution in [0.25, 0.3) is 5.69 Å². The topological polar surface area (TPSA) is 17.8 Å². The van der Waals surface area contributed by atoms with E-state index in [2.05, 4.69) is 48.5 Å². The summed E-state index contributed by atoms with van der Waals surface area (Å²) in [7, 11) is 0. The van der Waals surface area contributed by atoms with Crippen molar-refractivity contribution in [3.05, 3.63) is 47.5 Å². The van der Waals surface area contributed by atoms with Crippen molar-refractivity contribution >= 4 is 0 Å². The lowest BCUT2D eigenvalue weighted by Crippen LogP contribution is -2.01. The number of hydrogen-bond acceptors (Lipinski definition) is 1. The number of aryl methyl sites for hydroxylation is 3. The van der Waals surface area contributed by atoms with Crippen LogP contribution in [0.1, 0.15) is 17.0 Å². The van der Waals surface area contributed by atoms with Crippen LogP contribution in [0.2, 0.25) is 0 Å². The van der Waals surface area contributed by atoms with Crippen LogP contribution in [0, 0.1) is 20.8 Å². The van der Waals surface area contributed by atoms with E-state index in [1.807, 2.05) is 12.4 Å². The van der Waals surface area contributed by atoms with Gasteiger partial charge in [0, 0.05) is 23.8 Å². The maximum Gasteiger partial charge on any atom is 0.0514 e. The highest BCUT2D eigenvalue weighted by molar-refractivity contribution is 5.42. The van der Waals surface area contributed by atoms with Crippen LogP contribution in [0.4, 0.5) is 0 Å². The lowest BCUT2D eigenvalue weighted by Gasteiger charge is -2.11. The largest absolute Gasteiger partial charge is 0.318 e. The Morgan fingerprint density at radius 2 is 1.64 bits per heavy atom. The summed E-state index contributed by atoms with van der Waals surface area (Å²) in [5.41, 5.74) is 4.95. The summed E-state index contributed by atoms with van der Waals surface area (Å²) in [6.07, 6.45) is 3.73. The van der Waals surface area contributed by atoms with Gasteiger partial charge in [0.05, 0.1) is 5.69 Å². The second-order valence-electron chi connectivity index (χ2n) is 3.61. The van der Waals surface area contributed by atoms with Crippen molar-refractivity contribution in [2.24, 2.45) is 0 Å². The van der Waals surface area contributed by atoms with E-state index in [0.717, 1.165) is 0 Å². The van der Waals surface area contributed by atoms with Crippen molar-refractivity contribution in [1.82, 2.24) is 9.55 Å². The van der Waals surface area contributed by atoms with Gasteiger partial charge in [0.1, 0.15) is 0 Å². The van der Waals surface area contributed by atoms with Gasteiger partial charge < -0.3 is 4.57 Å². The van der Waals surface area contributed by atoms with Gasteiger partial charge >= 0.3 is 0 Å². The molecule has 0 unspecified atom stereocenters. The number of pyridine rings is 1. The lowest BCUT2D eigenvalue weighted by molar-refractivity contribution is 0.948. The van der Waals surface area contributed by atoms with Crippen LogP contribution in [0.3, 0.4) is 0 Å². The molecular formula is C12H14N2. The molecule has 0 radical (unpaired) electrons. The summed E-state index contributed by atoms with van der Waals surface area (Å²) >= 11 is 0. The summed E-state index contributed by atoms with van der Waals surface area (Å²) in [6, 6.07) is 6.32. The summed E-state index contributed by atoms with van der Waals surface area (Å²) in [4.78, 5) is 4.10. The Bertz CT molecular complexity index is 436. The molecule has 0 saturated carbocycles. The van der Waals surface area contributed by atoms with E-state index in [-0.39, 0.29) is 0 Å². The first-order chi connectivity index (χ1) is 6.70. The fraction of sp³-hybridized carbons (Fsp3) is 0.250. The van der Waals surface area contributed by atoms with Crippen LogP contribution >= 0.6 is 0 Å². The van der Waals surface area contributed by atoms with E-state index in [9.17, 15) is 0 Å². The van der Waals surface area contributed by atoms with E-state index >= 15 is 0 Å². The second-order valence-corrected chi connectivity index (χ2v) is 3.61. The first kappa shape index (κ1) is 9.00. The molecule has 0 aliphatic heterocycles. The standard InChI is InChI=1S/C12H14N2/c1-9-8-13-7-6-12(9)14-10(2)4-5-11(14)3/h4-8H,1-3H3. The SMILES string of the molecule is Cc1cnccc1-n1c(C)ccc1C. The lowest BCUT2D eigenvalue weighted by atomic mass is 10.2. The Hall–Kier alpha value is -1.57. The van der Waals surface area contributed by atoms with Crippen molar-refractivity contribution in [2.75, 3.05) is 0 Å². The molecule has 0 bridgehead atoms. The highest BCUT2D eigenvalue weighted by Crippen LogP contribution is 2.18. The second kappa shape index (κ2) is 3.29. The summed E-state index contributed by atoms with van der Waals surface area (Å²) < 4.78 is 2.25. The fourth-order valence-corrected chi connectivity index (χ4v) is 1.77. The van der Waals surface area contributed by atoms with Gasteiger partial charge in [-0.2, -0.15) is 0 Å². The molecule has 0 N–H and O–H groups in total. The number of nitrogens with zero attached hydrogens (tertiary/aromatic N) is 2. The van der Waals surface area contributed by atoms with Crippen molar-refractivity contribution in [1.29, 1.82) is 0 Å². The predicted octanol–water partition coefficient (Wildman–Crippen LogP) is 2.80. The highest BCUT2D eigenvalue weighted by Gasteiger charge is 2.05. The predicted molar refractivity (Wildman–Crippen MR) is 57.8 cm³/mol. The Morgan fingerprint density at radius 3 is 2.21 bits per heavy atom. The minimum atomic E-state index is 1.20. The molecule has 72 valence electrons. The number of aromatic nitrogens is 2. The maximum atomic E-state index is 4.10. The first-order valence-electron chi connectivity index (χ1n) is 4.76. The summed E-state index contributed by atoms with van der Waals surface area (Å²) in [5, 5.41) is 0. The van der Waals surface area contributed by atoms with Crippen LogP contribution in [0.5, 0.6) is 0 Å². The molecule has 0 aliphatic rings. The third kappa shape index (κ3) is 1.33. The number of rotatable bonds is 1. The molecule has 0 spiro atoms. The molecule has 2 aromatic rings. The van der Waals surface area contributed by atoms with Crippen LogP contribution in [-0.2, 0) is 0 Å². The van der Waals surface area contributed by atoms with Crippen LogP contribution in [0.15, 0.2) is 30.6 Å². The molecule has 14 heavy (non-hydrogen) atoms. The molecule has 0 fully saturated rings. The highest BCUT2D eigenvalue weighted by atomic mass is 15.0. The van der Waals surface area contributed by atoms with Crippen LogP contribution < -0.4 is 0 Å². The molecule has 0 amide bonds. The van der Waals surface area contributed by atoms with E-state index < -0.39 is 0 Å². The van der Waals surface area contributed by atoms with Gasteiger partial charge in [-0.15, -0.1) is 0 Å². The van der Waals surface area contributed by atoms with Gasteiger partial charge in [-0.05, 0) is 44.5 Å². The summed E-state index contributed by atoms with van der Waals surface area (Å²) in [6.45, 7) is 6.32. The Balaban J connectivity index is 2.66. The van der Waals surface area contributed by atoms with E-state index in [4.69, 9.17) is 0 Å². The van der Waals surface area contributed by atoms with E-state index in [1.165, 1.54) is 22.6 Å². The zero-order valence-electron chi connectivity index (χ0n) is 8.78. The van der Waals surface area contributed by atoms with Gasteiger partial charge in [-0.3, -0.25) is 4.98 Å². The zero-order chi connectivity index (χ0) is 10.1. The average Bonchev–Trinajstić information content (AvgIpc) is 2.48. The quantitative estimate of drug-likeness (QED) is 0.669. The average molecular weight is 186 g/mol. The minimum absolute atomic E-state index is 1.20. The minimum Gasteiger partial charge on any atom is -0.318 e. The maximum absolute atomic E-state index is 4.10. The Kier molecular flexibility index (Phi) is 2.12. The molecule has 2 heterocycles. The summed E-state index contributed by atoms with van der Waals surface area (Å²) in [5.74, 6) is 0. The van der Waals surface area contributed by atoms with Gasteiger partial charge in [0.2, 0.25) is 0 Å². The third-order valence-corrected chi connectivity index (χ3v) is 2.50. The molecule has 0 aliphatic carbocycles. The molecule has 0 aromatic carbocycles. The molecule has 2 heteroatoms. The molecular weight excluding hydrogens is 172 g/mol. The molecule has 0 atom stereocenters. The Labute approximate surface area is 84.2 Å². The molecule has 2 aromatic heterocycles. The van der Waals surface area contributed by atoms with Crippen LogP contribution in [-0.4, -0.2) is 9.55 Å². The normalized spacial score (nSPS) is 10.5. The van der Waals surface area contributed by atoms with Crippen molar-refractivity contribution in [3.63, 3.8) is 0 Å². The van der Waals surface area contributed by atoms with E-state index in [0.29, 0.717) is 0 Å². The fourth-order valence-electron chi connectivity index (χ4n) is 1.77. The van der Waals surface area contributed by atoms with Crippen molar-refractivity contribution < 1.29 is 0 Å². The molecule has 0 saturated heterocycles. The van der Waals surface area contributed by atoms with Gasteiger partial charge in [-0.1, -0.05) is 0 Å². The van der Waals surface area contributed by atoms with Crippen molar-refractivity contribution in [3.8, 4) is 5.69 Å². The van der Waals surface area contributed by atoms with Crippen molar-refractivity contribution in [2.45, 2.75) is 20.8 Å². The van der Waals surface area contributed by atoms with E-state index in [1.54, 1.807) is 0 Å². The molecule has 2 rings (SSSR count). The smallest absolute Gasteiger partial charge is 0.0514 e. The first-order valence-corrected chi connectivity index (χ1v) is 4.76. The zero-order valence-corrected chi connectivity index (χ0v) is 8.78.